The third-order valence-corrected chi connectivity index (χ3v) is 5.07. The number of hydrogen-bond acceptors (Lipinski definition) is 3. The van der Waals surface area contributed by atoms with Gasteiger partial charge in [0.25, 0.3) is 5.91 Å². The number of carbonyl (C=O) groups is 1. The van der Waals surface area contributed by atoms with Crippen LogP contribution in [0.15, 0.2) is 36.4 Å². The van der Waals surface area contributed by atoms with Crippen molar-refractivity contribution in [2.45, 2.75) is 18.1 Å². The third kappa shape index (κ3) is 2.75. The SMILES string of the molecule is Nc1cc2ccccc2cc1C(=O)NCC1CCCS1. The lowest BCUT2D eigenvalue weighted by Crippen LogP contribution is -2.30. The number of amides is 1. The zero-order chi connectivity index (χ0) is 13.9. The normalized spacial score (nSPS) is 18.3. The molecule has 104 valence electrons. The maximum Gasteiger partial charge on any atom is 0.253 e. The van der Waals surface area contributed by atoms with Gasteiger partial charge in [0.15, 0.2) is 0 Å². The van der Waals surface area contributed by atoms with Crippen LogP contribution in [-0.4, -0.2) is 23.5 Å². The first kappa shape index (κ1) is 13.3. The molecule has 20 heavy (non-hydrogen) atoms. The van der Waals surface area contributed by atoms with Gasteiger partial charge >= 0.3 is 0 Å². The number of fused-ring (bicyclic) bond motifs is 1. The number of nitrogens with one attached hydrogen (secondary N) is 1. The molecule has 2 aromatic rings. The Bertz CT molecular complexity index is 635. The van der Waals surface area contributed by atoms with E-state index in [-0.39, 0.29) is 5.91 Å². The number of benzene rings is 2. The predicted molar refractivity (Wildman–Crippen MR) is 86.2 cm³/mol. The van der Waals surface area contributed by atoms with Crippen LogP contribution in [0.25, 0.3) is 10.8 Å². The molecule has 0 spiro atoms. The van der Waals surface area contributed by atoms with E-state index >= 15 is 0 Å². The third-order valence-electron chi connectivity index (χ3n) is 3.68. The van der Waals surface area contributed by atoms with Crippen molar-refractivity contribution in [3.05, 3.63) is 42.0 Å². The molecule has 0 saturated carbocycles. The van der Waals surface area contributed by atoms with Crippen LogP contribution in [0.1, 0.15) is 23.2 Å². The summed E-state index contributed by atoms with van der Waals surface area (Å²) < 4.78 is 0. The molecular formula is C16H18N2OS. The molecule has 1 amide bonds. The van der Waals surface area contributed by atoms with Crippen molar-refractivity contribution in [2.75, 3.05) is 18.0 Å². The number of anilines is 1. The van der Waals surface area contributed by atoms with E-state index in [1.807, 2.05) is 48.2 Å². The minimum absolute atomic E-state index is 0.0687. The highest BCUT2D eigenvalue weighted by Gasteiger charge is 2.17. The van der Waals surface area contributed by atoms with Crippen molar-refractivity contribution in [1.29, 1.82) is 0 Å². The van der Waals surface area contributed by atoms with E-state index in [1.54, 1.807) is 0 Å². The minimum atomic E-state index is -0.0687. The number of rotatable bonds is 3. The van der Waals surface area contributed by atoms with Gasteiger partial charge in [-0.15, -0.1) is 0 Å². The minimum Gasteiger partial charge on any atom is -0.398 e. The number of nitrogen functional groups attached to an aromatic ring is 1. The molecule has 1 aliphatic heterocycles. The molecule has 2 aromatic carbocycles. The fraction of sp³-hybridized carbons (Fsp3) is 0.312. The molecule has 1 atom stereocenters. The first-order valence-electron chi connectivity index (χ1n) is 6.92. The molecular weight excluding hydrogens is 268 g/mol. The monoisotopic (exact) mass is 286 g/mol. The maximum atomic E-state index is 12.3. The standard InChI is InChI=1S/C16H18N2OS/c17-15-9-12-5-2-1-4-11(12)8-14(15)16(19)18-10-13-6-3-7-20-13/h1-2,4-5,8-9,13H,3,6-7,10,17H2,(H,18,19). The highest BCUT2D eigenvalue weighted by atomic mass is 32.2. The Kier molecular flexibility index (Phi) is 3.83. The number of hydrogen-bond donors (Lipinski definition) is 2. The Labute approximate surface area is 122 Å². The summed E-state index contributed by atoms with van der Waals surface area (Å²) in [6.45, 7) is 0.732. The van der Waals surface area contributed by atoms with Gasteiger partial charge in [0, 0.05) is 17.5 Å². The summed E-state index contributed by atoms with van der Waals surface area (Å²) in [5, 5.41) is 5.67. The molecule has 3 nitrogen and oxygen atoms in total. The summed E-state index contributed by atoms with van der Waals surface area (Å²) in [5.74, 6) is 1.14. The van der Waals surface area contributed by atoms with Gasteiger partial charge in [-0.3, -0.25) is 4.79 Å². The predicted octanol–water partition coefficient (Wildman–Crippen LogP) is 3.05. The van der Waals surface area contributed by atoms with E-state index in [0.29, 0.717) is 16.5 Å². The van der Waals surface area contributed by atoms with Crippen LogP contribution in [0.2, 0.25) is 0 Å². The molecule has 1 fully saturated rings. The van der Waals surface area contributed by atoms with Crippen LogP contribution >= 0.6 is 11.8 Å². The molecule has 4 heteroatoms. The zero-order valence-electron chi connectivity index (χ0n) is 11.3. The summed E-state index contributed by atoms with van der Waals surface area (Å²) in [4.78, 5) is 12.3. The fourth-order valence-corrected chi connectivity index (χ4v) is 3.76. The number of nitrogens with two attached hydrogens (primary N) is 1. The highest BCUT2D eigenvalue weighted by Crippen LogP contribution is 2.26. The summed E-state index contributed by atoms with van der Waals surface area (Å²) in [6.07, 6.45) is 2.45. The Hall–Kier alpha value is -1.68. The van der Waals surface area contributed by atoms with Crippen molar-refractivity contribution in [2.24, 2.45) is 0 Å². The van der Waals surface area contributed by atoms with Gasteiger partial charge < -0.3 is 11.1 Å². The smallest absolute Gasteiger partial charge is 0.253 e. The summed E-state index contributed by atoms with van der Waals surface area (Å²) in [7, 11) is 0. The van der Waals surface area contributed by atoms with Gasteiger partial charge in [-0.2, -0.15) is 11.8 Å². The van der Waals surface area contributed by atoms with E-state index in [4.69, 9.17) is 5.73 Å². The van der Waals surface area contributed by atoms with E-state index in [9.17, 15) is 4.79 Å². The second-order valence-corrected chi connectivity index (χ2v) is 6.54. The largest absolute Gasteiger partial charge is 0.398 e. The highest BCUT2D eigenvalue weighted by molar-refractivity contribution is 8.00. The Morgan fingerprint density at radius 1 is 1.30 bits per heavy atom. The second-order valence-electron chi connectivity index (χ2n) is 5.13. The van der Waals surface area contributed by atoms with Gasteiger partial charge in [0.1, 0.15) is 0 Å². The van der Waals surface area contributed by atoms with Gasteiger partial charge in [0.2, 0.25) is 0 Å². The Morgan fingerprint density at radius 2 is 2.05 bits per heavy atom. The topological polar surface area (TPSA) is 55.1 Å². The molecule has 0 aliphatic carbocycles. The van der Waals surface area contributed by atoms with Crippen molar-refractivity contribution < 1.29 is 4.79 Å². The number of carbonyl (C=O) groups excluding carboxylic acids is 1. The van der Waals surface area contributed by atoms with Crippen molar-refractivity contribution >= 4 is 34.1 Å². The van der Waals surface area contributed by atoms with Gasteiger partial charge in [-0.25, -0.2) is 0 Å². The van der Waals surface area contributed by atoms with E-state index in [0.717, 1.165) is 17.3 Å². The number of thioether (sulfide) groups is 1. The summed E-state index contributed by atoms with van der Waals surface area (Å²) in [5.41, 5.74) is 7.12. The maximum absolute atomic E-state index is 12.3. The van der Waals surface area contributed by atoms with Crippen LogP contribution in [0.5, 0.6) is 0 Å². The average molecular weight is 286 g/mol. The van der Waals surface area contributed by atoms with E-state index in [2.05, 4.69) is 5.32 Å². The molecule has 0 aromatic heterocycles. The molecule has 1 saturated heterocycles. The van der Waals surface area contributed by atoms with E-state index in [1.165, 1.54) is 18.6 Å². The first-order chi connectivity index (χ1) is 9.74. The molecule has 1 unspecified atom stereocenters. The van der Waals surface area contributed by atoms with Crippen molar-refractivity contribution in [3.63, 3.8) is 0 Å². The van der Waals surface area contributed by atoms with Crippen LogP contribution in [0, 0.1) is 0 Å². The van der Waals surface area contributed by atoms with E-state index < -0.39 is 0 Å². The lowest BCUT2D eigenvalue weighted by atomic mass is 10.0. The summed E-state index contributed by atoms with van der Waals surface area (Å²) >= 11 is 1.94. The quantitative estimate of drug-likeness (QED) is 0.853. The van der Waals surface area contributed by atoms with Gasteiger partial charge in [-0.05, 0) is 41.5 Å². The van der Waals surface area contributed by atoms with Crippen molar-refractivity contribution in [3.8, 4) is 0 Å². The van der Waals surface area contributed by atoms with Crippen molar-refractivity contribution in [1.82, 2.24) is 5.32 Å². The van der Waals surface area contributed by atoms with Crippen LogP contribution < -0.4 is 11.1 Å². The van der Waals surface area contributed by atoms with Crippen LogP contribution in [0.3, 0.4) is 0 Å². The second kappa shape index (κ2) is 5.75. The Morgan fingerprint density at radius 3 is 2.75 bits per heavy atom. The zero-order valence-corrected chi connectivity index (χ0v) is 12.1. The molecule has 0 bridgehead atoms. The Balaban J connectivity index is 1.77. The molecule has 0 radical (unpaired) electrons. The fourth-order valence-electron chi connectivity index (χ4n) is 2.56. The first-order valence-corrected chi connectivity index (χ1v) is 7.97. The summed E-state index contributed by atoms with van der Waals surface area (Å²) in [6, 6.07) is 11.7. The molecule has 3 rings (SSSR count). The van der Waals surface area contributed by atoms with Gasteiger partial charge in [0.05, 0.1) is 5.56 Å². The van der Waals surface area contributed by atoms with Crippen LogP contribution in [0.4, 0.5) is 5.69 Å². The van der Waals surface area contributed by atoms with Crippen LogP contribution in [-0.2, 0) is 0 Å². The lowest BCUT2D eigenvalue weighted by molar-refractivity contribution is 0.0954. The lowest BCUT2D eigenvalue weighted by Gasteiger charge is -2.12. The molecule has 1 heterocycles. The molecule has 1 aliphatic rings. The molecule has 3 N–H and O–H groups in total. The van der Waals surface area contributed by atoms with Gasteiger partial charge in [-0.1, -0.05) is 24.3 Å². The average Bonchev–Trinajstić information content (AvgIpc) is 2.97.